The Balaban J connectivity index is 2.81. The van der Waals surface area contributed by atoms with E-state index in [9.17, 15) is 18.0 Å². The van der Waals surface area contributed by atoms with Crippen molar-refractivity contribution in [2.24, 2.45) is 11.7 Å². The van der Waals surface area contributed by atoms with Crippen molar-refractivity contribution in [1.29, 1.82) is 0 Å². The van der Waals surface area contributed by atoms with E-state index in [-0.39, 0.29) is 24.1 Å². The molecule has 0 saturated carbocycles. The van der Waals surface area contributed by atoms with Gasteiger partial charge in [0.05, 0.1) is 10.6 Å². The number of carbonyl (C=O) groups is 1. The van der Waals surface area contributed by atoms with Gasteiger partial charge in [-0.2, -0.15) is 13.2 Å². The van der Waals surface area contributed by atoms with E-state index in [1.54, 1.807) is 0 Å². The number of benzene rings is 1. The van der Waals surface area contributed by atoms with Gasteiger partial charge in [-0.05, 0) is 24.1 Å². The molecular formula is C13H16ClF3N2O. The fourth-order valence-corrected chi connectivity index (χ4v) is 1.71. The van der Waals surface area contributed by atoms with Crippen LogP contribution in [-0.2, 0) is 11.0 Å². The highest BCUT2D eigenvalue weighted by molar-refractivity contribution is 6.31. The molecule has 1 rings (SSSR count). The molecule has 0 saturated heterocycles. The summed E-state index contributed by atoms with van der Waals surface area (Å²) in [5, 5.41) is 1.98. The summed E-state index contributed by atoms with van der Waals surface area (Å²) >= 11 is 5.49. The highest BCUT2D eigenvalue weighted by atomic mass is 35.5. The van der Waals surface area contributed by atoms with Gasteiger partial charge < -0.3 is 11.1 Å². The van der Waals surface area contributed by atoms with Crippen LogP contribution in [0.25, 0.3) is 0 Å². The molecule has 0 aromatic heterocycles. The highest BCUT2D eigenvalue weighted by Gasteiger charge is 2.33. The van der Waals surface area contributed by atoms with Crippen molar-refractivity contribution in [2.75, 3.05) is 5.32 Å². The van der Waals surface area contributed by atoms with Gasteiger partial charge in [0.25, 0.3) is 0 Å². The van der Waals surface area contributed by atoms with Gasteiger partial charge >= 0.3 is 6.18 Å². The Morgan fingerprint density at radius 3 is 2.50 bits per heavy atom. The molecule has 0 aliphatic heterocycles. The molecule has 0 radical (unpaired) electrons. The van der Waals surface area contributed by atoms with Crippen molar-refractivity contribution >= 4 is 23.2 Å². The lowest BCUT2D eigenvalue weighted by atomic mass is 10.0. The molecule has 0 spiro atoms. The number of anilines is 1. The van der Waals surface area contributed by atoms with E-state index < -0.39 is 22.7 Å². The molecule has 7 heteroatoms. The number of nitrogens with one attached hydrogen (secondary N) is 1. The van der Waals surface area contributed by atoms with Crippen LogP contribution in [0.15, 0.2) is 18.2 Å². The van der Waals surface area contributed by atoms with Crippen molar-refractivity contribution < 1.29 is 18.0 Å². The van der Waals surface area contributed by atoms with Crippen molar-refractivity contribution in [2.45, 2.75) is 32.5 Å². The molecule has 1 aromatic rings. The lowest BCUT2D eigenvalue weighted by Gasteiger charge is -2.16. The Labute approximate surface area is 120 Å². The maximum absolute atomic E-state index is 12.7. The zero-order chi connectivity index (χ0) is 15.5. The number of alkyl halides is 3. The molecule has 1 unspecified atom stereocenters. The van der Waals surface area contributed by atoms with Gasteiger partial charge in [-0.1, -0.05) is 25.4 Å². The summed E-state index contributed by atoms with van der Waals surface area (Å²) in [4.78, 5) is 11.7. The molecule has 0 bridgehead atoms. The molecule has 20 heavy (non-hydrogen) atoms. The Bertz CT molecular complexity index is 489. The molecule has 3 nitrogen and oxygen atoms in total. The third-order valence-electron chi connectivity index (χ3n) is 2.83. The monoisotopic (exact) mass is 308 g/mol. The van der Waals surface area contributed by atoms with Crippen molar-refractivity contribution in [1.82, 2.24) is 0 Å². The van der Waals surface area contributed by atoms with Crippen molar-refractivity contribution in [3.63, 3.8) is 0 Å². The molecule has 0 heterocycles. The van der Waals surface area contributed by atoms with Crippen molar-refractivity contribution in [3.05, 3.63) is 28.8 Å². The molecule has 1 amide bonds. The molecule has 112 valence electrons. The maximum atomic E-state index is 12.7. The summed E-state index contributed by atoms with van der Waals surface area (Å²) in [6.07, 6.45) is -4.52. The zero-order valence-corrected chi connectivity index (χ0v) is 11.8. The van der Waals surface area contributed by atoms with E-state index in [0.717, 1.165) is 12.1 Å². The standard InChI is InChI=1S/C13H16ClF3N2O/c1-7(2)11(18)6-12(20)19-8-3-4-10(14)9(5-8)13(15,16)17/h3-5,7,11H,6,18H2,1-2H3,(H,19,20). The lowest BCUT2D eigenvalue weighted by molar-refractivity contribution is -0.137. The molecule has 0 fully saturated rings. The van der Waals surface area contributed by atoms with E-state index in [1.807, 2.05) is 13.8 Å². The minimum atomic E-state index is -4.56. The summed E-state index contributed by atoms with van der Waals surface area (Å²) in [7, 11) is 0. The van der Waals surface area contributed by atoms with Crippen LogP contribution in [-0.4, -0.2) is 11.9 Å². The van der Waals surface area contributed by atoms with E-state index in [2.05, 4.69) is 5.32 Å². The lowest BCUT2D eigenvalue weighted by Crippen LogP contribution is -2.31. The number of hydrogen-bond donors (Lipinski definition) is 2. The molecule has 3 N–H and O–H groups in total. The maximum Gasteiger partial charge on any atom is 0.417 e. The average Bonchev–Trinajstić information content (AvgIpc) is 2.29. The average molecular weight is 309 g/mol. The van der Waals surface area contributed by atoms with Crippen LogP contribution in [0, 0.1) is 5.92 Å². The Morgan fingerprint density at radius 2 is 2.00 bits per heavy atom. The van der Waals surface area contributed by atoms with Crippen LogP contribution in [0.5, 0.6) is 0 Å². The second-order valence-corrected chi connectivity index (χ2v) is 5.26. The SMILES string of the molecule is CC(C)C(N)CC(=O)Nc1ccc(Cl)c(C(F)(F)F)c1. The van der Waals surface area contributed by atoms with Gasteiger partial charge in [0.1, 0.15) is 0 Å². The summed E-state index contributed by atoms with van der Waals surface area (Å²) in [6, 6.07) is 2.88. The Morgan fingerprint density at radius 1 is 1.40 bits per heavy atom. The Hall–Kier alpha value is -1.27. The first-order valence-corrected chi connectivity index (χ1v) is 6.41. The topological polar surface area (TPSA) is 55.1 Å². The first-order valence-electron chi connectivity index (χ1n) is 6.03. The largest absolute Gasteiger partial charge is 0.417 e. The quantitative estimate of drug-likeness (QED) is 0.891. The molecule has 1 aromatic carbocycles. The number of rotatable bonds is 4. The number of carbonyl (C=O) groups excluding carboxylic acids is 1. The third-order valence-corrected chi connectivity index (χ3v) is 3.16. The first-order chi connectivity index (χ1) is 9.11. The van der Waals surface area contributed by atoms with Crippen LogP contribution in [0.1, 0.15) is 25.8 Å². The minimum absolute atomic E-state index is 0.0433. The Kier molecular flexibility index (Phi) is 5.42. The predicted molar refractivity (Wildman–Crippen MR) is 72.5 cm³/mol. The molecule has 1 atom stereocenters. The number of nitrogens with two attached hydrogens (primary N) is 1. The van der Waals surface area contributed by atoms with Crippen molar-refractivity contribution in [3.8, 4) is 0 Å². The molecular weight excluding hydrogens is 293 g/mol. The van der Waals surface area contributed by atoms with E-state index in [0.29, 0.717) is 0 Å². The zero-order valence-electron chi connectivity index (χ0n) is 11.1. The van der Waals surface area contributed by atoms with Crippen LogP contribution >= 0.6 is 11.6 Å². The fraction of sp³-hybridized carbons (Fsp3) is 0.462. The number of hydrogen-bond acceptors (Lipinski definition) is 2. The van der Waals surface area contributed by atoms with E-state index >= 15 is 0 Å². The minimum Gasteiger partial charge on any atom is -0.327 e. The summed E-state index contributed by atoms with van der Waals surface area (Å²) < 4.78 is 38.0. The number of halogens is 4. The van der Waals surface area contributed by atoms with Gasteiger partial charge in [0.2, 0.25) is 5.91 Å². The number of amides is 1. The summed E-state index contributed by atoms with van der Waals surface area (Å²) in [6.45, 7) is 3.73. The second kappa shape index (κ2) is 6.45. The van der Waals surface area contributed by atoms with Gasteiger partial charge in [-0.15, -0.1) is 0 Å². The summed E-state index contributed by atoms with van der Waals surface area (Å²) in [5.74, 6) is -0.321. The molecule has 0 aliphatic rings. The van der Waals surface area contributed by atoms with Crippen LogP contribution in [0.3, 0.4) is 0 Å². The highest BCUT2D eigenvalue weighted by Crippen LogP contribution is 2.36. The molecule has 0 aliphatic carbocycles. The first kappa shape index (κ1) is 16.8. The van der Waals surface area contributed by atoms with Gasteiger partial charge in [0, 0.05) is 18.2 Å². The van der Waals surface area contributed by atoms with Crippen LogP contribution in [0.4, 0.5) is 18.9 Å². The van der Waals surface area contributed by atoms with Gasteiger partial charge in [0.15, 0.2) is 0 Å². The van der Waals surface area contributed by atoms with Gasteiger partial charge in [-0.3, -0.25) is 4.79 Å². The van der Waals surface area contributed by atoms with E-state index in [1.165, 1.54) is 6.07 Å². The predicted octanol–water partition coefficient (Wildman–Crippen LogP) is 3.67. The summed E-state index contributed by atoms with van der Waals surface area (Å²) in [5.41, 5.74) is 4.80. The fourth-order valence-electron chi connectivity index (χ4n) is 1.48. The smallest absolute Gasteiger partial charge is 0.327 e. The van der Waals surface area contributed by atoms with Crippen LogP contribution < -0.4 is 11.1 Å². The normalized spacial score (nSPS) is 13.4. The van der Waals surface area contributed by atoms with E-state index in [4.69, 9.17) is 17.3 Å². The van der Waals surface area contributed by atoms with Crippen LogP contribution in [0.2, 0.25) is 5.02 Å². The second-order valence-electron chi connectivity index (χ2n) is 4.85. The van der Waals surface area contributed by atoms with Gasteiger partial charge in [-0.25, -0.2) is 0 Å². The third kappa shape index (κ3) is 4.68.